The fourth-order valence-electron chi connectivity index (χ4n) is 6.75. The van der Waals surface area contributed by atoms with E-state index in [1.807, 2.05) is 42.5 Å². The van der Waals surface area contributed by atoms with Gasteiger partial charge in [-0.25, -0.2) is 0 Å². The lowest BCUT2D eigenvalue weighted by Gasteiger charge is -2.18. The lowest BCUT2D eigenvalue weighted by atomic mass is 9.84. The summed E-state index contributed by atoms with van der Waals surface area (Å²) in [6, 6.07) is 41.9. The molecule has 1 heteroatoms. The Bertz CT molecular complexity index is 2710. The van der Waals surface area contributed by atoms with Gasteiger partial charge in [-0.3, -0.25) is 0 Å². The predicted octanol–water partition coefficient (Wildman–Crippen LogP) is 12.0. The van der Waals surface area contributed by atoms with Gasteiger partial charge in [0.2, 0.25) is 0 Å². The molecule has 0 aliphatic carbocycles. The zero-order valence-electron chi connectivity index (χ0n) is 28.0. The SMILES string of the molecule is [2H]c1c([2H])c([2H])c(-c2cccc(-c3c4ccccc4c(-c4cccc5oc6ccc7ccccc7c6c45)c4ccccc34)c2)c([2H])c1[2H]. The molecule has 0 aliphatic heterocycles. The number of rotatable bonds is 3. The van der Waals surface area contributed by atoms with Crippen LogP contribution < -0.4 is 0 Å². The third-order valence-electron chi connectivity index (χ3n) is 8.53. The summed E-state index contributed by atoms with van der Waals surface area (Å²) in [6.45, 7) is 0. The molecule has 8 aromatic carbocycles. The van der Waals surface area contributed by atoms with Crippen LogP contribution in [0.4, 0.5) is 0 Å². The fourth-order valence-corrected chi connectivity index (χ4v) is 6.75. The van der Waals surface area contributed by atoms with Crippen molar-refractivity contribution in [3.63, 3.8) is 0 Å². The van der Waals surface area contributed by atoms with Crippen LogP contribution in [-0.4, -0.2) is 0 Å². The molecule has 0 saturated heterocycles. The average molecular weight is 552 g/mol. The first-order valence-electron chi connectivity index (χ1n) is 16.9. The molecule has 0 amide bonds. The van der Waals surface area contributed by atoms with E-state index in [4.69, 9.17) is 11.3 Å². The minimum atomic E-state index is -0.397. The van der Waals surface area contributed by atoms with Gasteiger partial charge in [-0.1, -0.05) is 139 Å². The summed E-state index contributed by atoms with van der Waals surface area (Å²) in [4.78, 5) is 0. The summed E-state index contributed by atoms with van der Waals surface area (Å²) >= 11 is 0. The van der Waals surface area contributed by atoms with Gasteiger partial charge in [0.05, 0.1) is 6.85 Å². The van der Waals surface area contributed by atoms with Crippen LogP contribution >= 0.6 is 0 Å². The van der Waals surface area contributed by atoms with E-state index in [1.54, 1.807) is 0 Å². The van der Waals surface area contributed by atoms with Crippen molar-refractivity contribution in [2.24, 2.45) is 0 Å². The lowest BCUT2D eigenvalue weighted by molar-refractivity contribution is 0.669. The van der Waals surface area contributed by atoms with Gasteiger partial charge in [0.1, 0.15) is 11.2 Å². The second-order valence-corrected chi connectivity index (χ2v) is 10.9. The van der Waals surface area contributed by atoms with Gasteiger partial charge >= 0.3 is 0 Å². The summed E-state index contributed by atoms with van der Waals surface area (Å²) in [5, 5.41) is 8.77. The largest absolute Gasteiger partial charge is 0.456 e. The monoisotopic (exact) mass is 551 g/mol. The molecular formula is C42H26O. The maximum Gasteiger partial charge on any atom is 0.136 e. The summed E-state index contributed by atoms with van der Waals surface area (Å²) in [5.41, 5.74) is 6.59. The second kappa shape index (κ2) is 9.44. The van der Waals surface area contributed by atoms with E-state index in [0.29, 0.717) is 5.56 Å². The molecule has 0 saturated carbocycles. The Morgan fingerprint density at radius 2 is 1.02 bits per heavy atom. The van der Waals surface area contributed by atoms with Crippen LogP contribution in [0.2, 0.25) is 0 Å². The number of furan rings is 1. The standard InChI is InChI=1S/C42H26O/c1-2-12-27(13-3-1)29-15-10-16-30(26-29)39-32-18-6-8-20-34(32)40(35-21-9-7-19-33(35)39)36-22-11-23-37-42(36)41-31-17-5-4-14-28(31)24-25-38(41)43-37/h1-26H/i1D,2D,3D,12D,13D. The molecule has 9 aromatic rings. The zero-order valence-corrected chi connectivity index (χ0v) is 23.0. The second-order valence-electron chi connectivity index (χ2n) is 10.9. The van der Waals surface area contributed by atoms with E-state index in [2.05, 4.69) is 84.9 Å². The number of hydrogen-bond donors (Lipinski definition) is 0. The van der Waals surface area contributed by atoms with Gasteiger partial charge in [-0.15, -0.1) is 0 Å². The minimum Gasteiger partial charge on any atom is -0.456 e. The van der Waals surface area contributed by atoms with Crippen molar-refractivity contribution in [3.05, 3.63) is 158 Å². The van der Waals surface area contributed by atoms with Crippen LogP contribution in [-0.2, 0) is 0 Å². The number of hydrogen-bond acceptors (Lipinski definition) is 1. The molecule has 0 spiro atoms. The van der Waals surface area contributed by atoms with Crippen LogP contribution in [0.3, 0.4) is 0 Å². The van der Waals surface area contributed by atoms with Crippen molar-refractivity contribution in [3.8, 4) is 33.4 Å². The molecule has 200 valence electrons. The van der Waals surface area contributed by atoms with Crippen LogP contribution in [0.5, 0.6) is 0 Å². The van der Waals surface area contributed by atoms with E-state index in [1.165, 1.54) is 0 Å². The molecule has 0 unspecified atom stereocenters. The van der Waals surface area contributed by atoms with Crippen LogP contribution in [0.1, 0.15) is 6.85 Å². The molecule has 1 nitrogen and oxygen atoms in total. The van der Waals surface area contributed by atoms with Crippen LogP contribution in [0, 0.1) is 0 Å². The molecule has 1 aromatic heterocycles. The Balaban J connectivity index is 1.38. The first-order valence-corrected chi connectivity index (χ1v) is 14.4. The maximum atomic E-state index is 8.61. The highest BCUT2D eigenvalue weighted by atomic mass is 16.3. The first kappa shape index (κ1) is 19.5. The van der Waals surface area contributed by atoms with E-state index in [0.717, 1.165) is 76.5 Å². The number of fused-ring (bicyclic) bond motifs is 7. The molecule has 0 N–H and O–H groups in total. The third kappa shape index (κ3) is 3.65. The number of benzene rings is 8. The normalized spacial score (nSPS) is 13.3. The molecule has 0 bridgehead atoms. The van der Waals surface area contributed by atoms with E-state index in [9.17, 15) is 0 Å². The summed E-state index contributed by atoms with van der Waals surface area (Å²) in [7, 11) is 0. The highest BCUT2D eigenvalue weighted by molar-refractivity contribution is 6.28. The maximum absolute atomic E-state index is 8.61. The molecule has 9 rings (SSSR count). The Morgan fingerprint density at radius 3 is 1.77 bits per heavy atom. The Kier molecular flexibility index (Phi) is 4.27. The van der Waals surface area contributed by atoms with Crippen LogP contribution in [0.15, 0.2) is 162 Å². The highest BCUT2D eigenvalue weighted by Crippen LogP contribution is 2.48. The van der Waals surface area contributed by atoms with Gasteiger partial charge in [0.15, 0.2) is 0 Å². The van der Waals surface area contributed by atoms with E-state index < -0.39 is 6.04 Å². The summed E-state index contributed by atoms with van der Waals surface area (Å²) in [6.07, 6.45) is 0. The smallest absolute Gasteiger partial charge is 0.136 e. The van der Waals surface area contributed by atoms with Crippen molar-refractivity contribution in [1.29, 1.82) is 0 Å². The fraction of sp³-hybridized carbons (Fsp3) is 0. The Hall–Kier alpha value is -5.66. The van der Waals surface area contributed by atoms with Gasteiger partial charge in [0.25, 0.3) is 0 Å². The van der Waals surface area contributed by atoms with E-state index in [-0.39, 0.29) is 29.7 Å². The zero-order chi connectivity index (χ0) is 32.7. The average Bonchev–Trinajstić information content (AvgIpc) is 3.52. The van der Waals surface area contributed by atoms with Crippen molar-refractivity contribution in [2.45, 2.75) is 0 Å². The minimum absolute atomic E-state index is 0.193. The summed E-state index contributed by atoms with van der Waals surface area (Å²) in [5.74, 6) is 0. The highest BCUT2D eigenvalue weighted by Gasteiger charge is 2.21. The van der Waals surface area contributed by atoms with Gasteiger partial charge < -0.3 is 4.42 Å². The molecule has 0 aliphatic rings. The van der Waals surface area contributed by atoms with Gasteiger partial charge in [-0.2, -0.15) is 0 Å². The van der Waals surface area contributed by atoms with Crippen molar-refractivity contribution >= 4 is 54.3 Å². The van der Waals surface area contributed by atoms with E-state index >= 15 is 0 Å². The molecule has 43 heavy (non-hydrogen) atoms. The first-order chi connectivity index (χ1) is 23.4. The quantitative estimate of drug-likeness (QED) is 0.199. The van der Waals surface area contributed by atoms with Gasteiger partial charge in [0, 0.05) is 10.8 Å². The van der Waals surface area contributed by atoms with Gasteiger partial charge in [-0.05, 0) is 83.9 Å². The topological polar surface area (TPSA) is 13.1 Å². The molecule has 0 fully saturated rings. The third-order valence-corrected chi connectivity index (χ3v) is 8.53. The lowest BCUT2D eigenvalue weighted by Crippen LogP contribution is -1.91. The molecule has 1 heterocycles. The van der Waals surface area contributed by atoms with Crippen molar-refractivity contribution in [2.75, 3.05) is 0 Å². The summed E-state index contributed by atoms with van der Waals surface area (Å²) < 4.78 is 48.3. The molecule has 0 radical (unpaired) electrons. The van der Waals surface area contributed by atoms with Crippen molar-refractivity contribution < 1.29 is 11.3 Å². The molecular weight excluding hydrogens is 520 g/mol. The Labute approximate surface area is 256 Å². The Morgan fingerprint density at radius 1 is 0.419 bits per heavy atom. The predicted molar refractivity (Wildman–Crippen MR) is 183 cm³/mol. The van der Waals surface area contributed by atoms with Crippen LogP contribution in [0.25, 0.3) is 87.6 Å². The van der Waals surface area contributed by atoms with Crippen molar-refractivity contribution in [1.82, 2.24) is 0 Å². The molecule has 0 atom stereocenters.